The normalized spacial score (nSPS) is 16.0. The molecule has 10 heteroatoms. The van der Waals surface area contributed by atoms with Gasteiger partial charge in [0.15, 0.2) is 0 Å². The Bertz CT molecular complexity index is 993. The Morgan fingerprint density at radius 2 is 2.07 bits per heavy atom. The highest BCUT2D eigenvalue weighted by Crippen LogP contribution is 2.29. The van der Waals surface area contributed by atoms with Crippen LogP contribution in [0.15, 0.2) is 52.8 Å². The van der Waals surface area contributed by atoms with E-state index < -0.39 is 18.0 Å². The number of ether oxygens (including phenoxy) is 1. The van der Waals surface area contributed by atoms with Crippen LogP contribution in [-0.2, 0) is 16.0 Å². The molecule has 0 unspecified atom stereocenters. The highest BCUT2D eigenvalue weighted by molar-refractivity contribution is 5.90. The molecule has 4 N–H and O–H groups in total. The van der Waals surface area contributed by atoms with Crippen molar-refractivity contribution in [3.05, 3.63) is 53.8 Å². The highest BCUT2D eigenvalue weighted by atomic mass is 19.1. The summed E-state index contributed by atoms with van der Waals surface area (Å²) >= 11 is 0. The molecule has 0 saturated carbocycles. The summed E-state index contributed by atoms with van der Waals surface area (Å²) in [6.45, 7) is 1.80. The van der Waals surface area contributed by atoms with Gasteiger partial charge in [0.2, 0.25) is 5.91 Å². The van der Waals surface area contributed by atoms with E-state index in [1.165, 1.54) is 17.9 Å². The third-order valence-corrected chi connectivity index (χ3v) is 4.53. The molecule has 1 atom stereocenters. The quantitative estimate of drug-likeness (QED) is 0.221. The van der Waals surface area contributed by atoms with Gasteiger partial charge in [-0.25, -0.2) is 9.18 Å². The number of carbonyl (C=O) groups excluding carboxylic acids is 2. The summed E-state index contributed by atoms with van der Waals surface area (Å²) in [5.74, 6) is 4.25. The first-order chi connectivity index (χ1) is 14.4. The molecule has 156 valence electrons. The molecule has 2 aromatic carbocycles. The first kappa shape index (κ1) is 20.9. The SMILES string of the molecule is CC(=O)NC[C@H]1CN(c2ccc(-c3ccc(CC(=N)N=NN)cc3)c(F)c2)C(=O)O1. The molecule has 1 aliphatic rings. The minimum Gasteiger partial charge on any atom is -0.442 e. The number of halogens is 1. The van der Waals surface area contributed by atoms with E-state index in [1.807, 2.05) is 0 Å². The zero-order valence-corrected chi connectivity index (χ0v) is 16.3. The van der Waals surface area contributed by atoms with Gasteiger partial charge in [-0.2, -0.15) is 0 Å². The van der Waals surface area contributed by atoms with Crippen LogP contribution in [0, 0.1) is 11.2 Å². The highest BCUT2D eigenvalue weighted by Gasteiger charge is 2.32. The van der Waals surface area contributed by atoms with E-state index in [9.17, 15) is 14.0 Å². The second-order valence-corrected chi connectivity index (χ2v) is 6.75. The van der Waals surface area contributed by atoms with E-state index in [2.05, 4.69) is 15.7 Å². The van der Waals surface area contributed by atoms with E-state index in [1.54, 1.807) is 36.4 Å². The lowest BCUT2D eigenvalue weighted by molar-refractivity contribution is -0.119. The maximum Gasteiger partial charge on any atom is 0.414 e. The third kappa shape index (κ3) is 4.96. The van der Waals surface area contributed by atoms with Crippen molar-refractivity contribution in [3.63, 3.8) is 0 Å². The second kappa shape index (κ2) is 9.12. The molecule has 30 heavy (non-hydrogen) atoms. The van der Waals surface area contributed by atoms with Crippen LogP contribution in [0.1, 0.15) is 12.5 Å². The molecule has 2 aromatic rings. The van der Waals surface area contributed by atoms with E-state index in [0.29, 0.717) is 16.8 Å². The van der Waals surface area contributed by atoms with Crippen LogP contribution in [0.2, 0.25) is 0 Å². The Labute approximate surface area is 172 Å². The van der Waals surface area contributed by atoms with Gasteiger partial charge in [0.25, 0.3) is 0 Å². The van der Waals surface area contributed by atoms with Gasteiger partial charge in [-0.05, 0) is 29.3 Å². The summed E-state index contributed by atoms with van der Waals surface area (Å²) in [6.07, 6.45) is -0.813. The van der Waals surface area contributed by atoms with Crippen molar-refractivity contribution >= 4 is 23.5 Å². The number of cyclic esters (lactones) is 1. The Kier molecular flexibility index (Phi) is 6.35. The summed E-state index contributed by atoms with van der Waals surface area (Å²) in [4.78, 5) is 24.4. The molecular formula is C20H21FN6O3. The van der Waals surface area contributed by atoms with Gasteiger partial charge in [0, 0.05) is 18.9 Å². The zero-order valence-electron chi connectivity index (χ0n) is 16.3. The van der Waals surface area contributed by atoms with Gasteiger partial charge in [0.05, 0.1) is 18.8 Å². The molecule has 1 fully saturated rings. The number of nitrogens with zero attached hydrogens (tertiary/aromatic N) is 3. The molecule has 9 nitrogen and oxygen atoms in total. The maximum absolute atomic E-state index is 14.8. The molecule has 0 bridgehead atoms. The van der Waals surface area contributed by atoms with Crippen LogP contribution in [0.4, 0.5) is 14.9 Å². The monoisotopic (exact) mass is 412 g/mol. The smallest absolute Gasteiger partial charge is 0.414 e. The number of amidine groups is 1. The minimum atomic E-state index is -0.584. The number of hydrogen-bond acceptors (Lipinski definition) is 5. The number of nitrogens with one attached hydrogen (secondary N) is 2. The lowest BCUT2D eigenvalue weighted by Gasteiger charge is -2.14. The second-order valence-electron chi connectivity index (χ2n) is 6.75. The molecule has 0 spiro atoms. The lowest BCUT2D eigenvalue weighted by Crippen LogP contribution is -2.33. The number of rotatable bonds is 6. The summed E-state index contributed by atoms with van der Waals surface area (Å²) < 4.78 is 20.0. The zero-order chi connectivity index (χ0) is 21.7. The van der Waals surface area contributed by atoms with Gasteiger partial charge >= 0.3 is 6.09 Å². The average Bonchev–Trinajstić information content (AvgIpc) is 3.08. The van der Waals surface area contributed by atoms with Crippen LogP contribution in [0.25, 0.3) is 11.1 Å². The van der Waals surface area contributed by atoms with Crippen LogP contribution in [0.3, 0.4) is 0 Å². The Balaban J connectivity index is 1.72. The minimum absolute atomic E-state index is 0.0232. The van der Waals surface area contributed by atoms with Crippen molar-refractivity contribution in [2.75, 3.05) is 18.0 Å². The van der Waals surface area contributed by atoms with Gasteiger partial charge < -0.3 is 15.9 Å². The Hall–Kier alpha value is -3.82. The van der Waals surface area contributed by atoms with Crippen molar-refractivity contribution < 1.29 is 18.7 Å². The lowest BCUT2D eigenvalue weighted by atomic mass is 10.0. The summed E-state index contributed by atoms with van der Waals surface area (Å²) in [7, 11) is 0. The van der Waals surface area contributed by atoms with Crippen LogP contribution < -0.4 is 16.1 Å². The summed E-state index contributed by atoms with van der Waals surface area (Å²) in [5.41, 5.74) is 2.23. The van der Waals surface area contributed by atoms with Crippen molar-refractivity contribution in [1.29, 1.82) is 5.41 Å². The molecule has 0 aromatic heterocycles. The number of anilines is 1. The fourth-order valence-electron chi connectivity index (χ4n) is 3.10. The standard InChI is InChI=1S/C20H21FN6O3/c1-12(28)24-10-16-11-27(20(29)30-16)15-6-7-17(18(21)9-15)14-4-2-13(3-5-14)8-19(22)25-26-23/h2-7,9,16H,8,10-11H2,1H3,(H,24,28)(H3,22,23,25)/t16-/m0/s1. The van der Waals surface area contributed by atoms with Crippen LogP contribution in [0.5, 0.6) is 0 Å². The fourth-order valence-corrected chi connectivity index (χ4v) is 3.10. The molecule has 1 aliphatic heterocycles. The van der Waals surface area contributed by atoms with E-state index >= 15 is 0 Å². The van der Waals surface area contributed by atoms with Crippen molar-refractivity contribution in [3.8, 4) is 11.1 Å². The van der Waals surface area contributed by atoms with E-state index in [0.717, 1.165) is 5.56 Å². The van der Waals surface area contributed by atoms with Gasteiger partial charge in [-0.3, -0.25) is 15.1 Å². The first-order valence-corrected chi connectivity index (χ1v) is 9.17. The molecule has 3 rings (SSSR count). The average molecular weight is 412 g/mol. The topological polar surface area (TPSA) is 133 Å². The van der Waals surface area contributed by atoms with Gasteiger partial charge in [-0.15, -0.1) is 5.11 Å². The number of hydrogen-bond donors (Lipinski definition) is 3. The number of amides is 2. The van der Waals surface area contributed by atoms with Crippen molar-refractivity contribution in [2.24, 2.45) is 16.2 Å². The molecule has 1 saturated heterocycles. The molecule has 2 amide bonds. The summed E-state index contributed by atoms with van der Waals surface area (Å²) in [5, 5.41) is 16.7. The van der Waals surface area contributed by atoms with E-state index in [-0.39, 0.29) is 31.3 Å². The largest absolute Gasteiger partial charge is 0.442 e. The molecule has 0 radical (unpaired) electrons. The van der Waals surface area contributed by atoms with Crippen LogP contribution in [-0.4, -0.2) is 37.0 Å². The molecule has 1 heterocycles. The Morgan fingerprint density at radius 3 is 2.70 bits per heavy atom. The third-order valence-electron chi connectivity index (χ3n) is 4.53. The molecular weight excluding hydrogens is 391 g/mol. The predicted octanol–water partition coefficient (Wildman–Crippen LogP) is 2.80. The predicted molar refractivity (Wildman–Crippen MR) is 109 cm³/mol. The van der Waals surface area contributed by atoms with E-state index in [4.69, 9.17) is 16.0 Å². The number of nitrogens with two attached hydrogens (primary N) is 1. The number of benzene rings is 2. The first-order valence-electron chi connectivity index (χ1n) is 9.17. The fraction of sp³-hybridized carbons (Fsp3) is 0.250. The van der Waals surface area contributed by atoms with Gasteiger partial charge in [0.1, 0.15) is 17.8 Å². The number of carbonyl (C=O) groups is 2. The van der Waals surface area contributed by atoms with Crippen LogP contribution >= 0.6 is 0 Å². The maximum atomic E-state index is 14.8. The summed E-state index contributed by atoms with van der Waals surface area (Å²) in [6, 6.07) is 11.6. The molecule has 0 aliphatic carbocycles. The van der Waals surface area contributed by atoms with Gasteiger partial charge in [-0.1, -0.05) is 29.5 Å². The van der Waals surface area contributed by atoms with Crippen molar-refractivity contribution in [2.45, 2.75) is 19.4 Å². The van der Waals surface area contributed by atoms with Crippen molar-refractivity contribution in [1.82, 2.24) is 5.32 Å². The Morgan fingerprint density at radius 1 is 1.33 bits per heavy atom.